The summed E-state index contributed by atoms with van der Waals surface area (Å²) in [5, 5.41) is 8.11. The summed E-state index contributed by atoms with van der Waals surface area (Å²) in [7, 11) is 3.81. The Morgan fingerprint density at radius 3 is 2.85 bits per heavy atom. The van der Waals surface area contributed by atoms with Crippen molar-refractivity contribution in [2.45, 2.75) is 19.4 Å². The van der Waals surface area contributed by atoms with Gasteiger partial charge in [-0.3, -0.25) is 4.68 Å². The molecular formula is C15H20ClN3O. The van der Waals surface area contributed by atoms with Crippen LogP contribution >= 0.6 is 11.6 Å². The molecule has 1 aromatic carbocycles. The Hall–Kier alpha value is -1.52. The number of hydrogen-bond donors (Lipinski definition) is 1. The zero-order valence-corrected chi connectivity index (χ0v) is 12.8. The molecule has 0 saturated carbocycles. The third-order valence-corrected chi connectivity index (χ3v) is 3.57. The van der Waals surface area contributed by atoms with Gasteiger partial charge in [-0.15, -0.1) is 0 Å². The number of halogens is 1. The van der Waals surface area contributed by atoms with E-state index in [4.69, 9.17) is 16.3 Å². The lowest BCUT2D eigenvalue weighted by atomic mass is 10.1. The molecule has 0 spiro atoms. The first kappa shape index (κ1) is 14.9. The van der Waals surface area contributed by atoms with Gasteiger partial charge in [-0.25, -0.2) is 0 Å². The summed E-state index contributed by atoms with van der Waals surface area (Å²) >= 11 is 6.17. The molecule has 0 aliphatic carbocycles. The Morgan fingerprint density at radius 2 is 2.25 bits per heavy atom. The van der Waals surface area contributed by atoms with Crippen molar-refractivity contribution in [1.29, 1.82) is 0 Å². The molecule has 0 saturated heterocycles. The second-order valence-electron chi connectivity index (χ2n) is 4.80. The van der Waals surface area contributed by atoms with Crippen molar-refractivity contribution in [3.8, 4) is 5.75 Å². The summed E-state index contributed by atoms with van der Waals surface area (Å²) in [6, 6.07) is 8.18. The van der Waals surface area contributed by atoms with E-state index in [1.165, 1.54) is 5.56 Å². The van der Waals surface area contributed by atoms with Gasteiger partial charge in [0.15, 0.2) is 0 Å². The van der Waals surface area contributed by atoms with E-state index in [1.807, 2.05) is 32.3 Å². The summed E-state index contributed by atoms with van der Waals surface area (Å²) in [5.41, 5.74) is 2.18. The zero-order chi connectivity index (χ0) is 14.5. The van der Waals surface area contributed by atoms with Crippen LogP contribution in [-0.4, -0.2) is 23.4 Å². The van der Waals surface area contributed by atoms with Crippen molar-refractivity contribution in [1.82, 2.24) is 15.1 Å². The largest absolute Gasteiger partial charge is 0.494 e. The molecule has 5 heteroatoms. The van der Waals surface area contributed by atoms with Crippen molar-refractivity contribution >= 4 is 11.6 Å². The summed E-state index contributed by atoms with van der Waals surface area (Å²) in [4.78, 5) is 0. The first-order chi connectivity index (χ1) is 9.61. The van der Waals surface area contributed by atoms with Crippen LogP contribution in [0.4, 0.5) is 0 Å². The molecule has 1 unspecified atom stereocenters. The fraction of sp³-hybridized carbons (Fsp3) is 0.400. The third kappa shape index (κ3) is 3.52. The normalized spacial score (nSPS) is 12.4. The highest BCUT2D eigenvalue weighted by Crippen LogP contribution is 2.24. The Morgan fingerprint density at radius 1 is 1.45 bits per heavy atom. The van der Waals surface area contributed by atoms with Crippen molar-refractivity contribution in [2.24, 2.45) is 7.05 Å². The number of rotatable bonds is 6. The summed E-state index contributed by atoms with van der Waals surface area (Å²) < 4.78 is 7.59. The second kappa shape index (κ2) is 6.77. The van der Waals surface area contributed by atoms with Gasteiger partial charge < -0.3 is 10.1 Å². The van der Waals surface area contributed by atoms with Crippen LogP contribution in [-0.2, 0) is 7.05 Å². The van der Waals surface area contributed by atoms with Crippen LogP contribution < -0.4 is 10.1 Å². The number of ether oxygens (including phenoxy) is 1. The lowest BCUT2D eigenvalue weighted by molar-refractivity contribution is 0.287. The smallest absolute Gasteiger partial charge is 0.119 e. The van der Waals surface area contributed by atoms with Gasteiger partial charge in [-0.1, -0.05) is 23.7 Å². The zero-order valence-electron chi connectivity index (χ0n) is 12.1. The molecule has 1 atom stereocenters. The van der Waals surface area contributed by atoms with Crippen molar-refractivity contribution in [3.05, 3.63) is 46.7 Å². The van der Waals surface area contributed by atoms with E-state index >= 15 is 0 Å². The Bertz CT molecular complexity index is 548. The molecule has 108 valence electrons. The van der Waals surface area contributed by atoms with E-state index in [0.29, 0.717) is 11.6 Å². The molecule has 0 radical (unpaired) electrons. The molecule has 20 heavy (non-hydrogen) atoms. The van der Waals surface area contributed by atoms with Gasteiger partial charge in [-0.05, 0) is 31.7 Å². The molecule has 1 aromatic heterocycles. The number of aryl methyl sites for hydroxylation is 2. The van der Waals surface area contributed by atoms with Gasteiger partial charge in [0.1, 0.15) is 5.75 Å². The van der Waals surface area contributed by atoms with E-state index in [2.05, 4.69) is 23.4 Å². The summed E-state index contributed by atoms with van der Waals surface area (Å²) in [6.07, 6.45) is 2.49. The highest BCUT2D eigenvalue weighted by atomic mass is 35.5. The van der Waals surface area contributed by atoms with Crippen molar-refractivity contribution in [2.75, 3.05) is 13.7 Å². The molecule has 1 heterocycles. The Labute approximate surface area is 124 Å². The number of benzene rings is 1. The standard InChI is InChI=1S/C15H20ClN3O/c1-11-5-4-6-12(9-11)20-8-7-14(17-2)15-13(16)10-18-19(15)3/h4-6,9-10,14,17H,7-8H2,1-3H3. The molecule has 0 bridgehead atoms. The molecule has 0 amide bonds. The molecule has 2 rings (SSSR count). The minimum Gasteiger partial charge on any atom is -0.494 e. The minimum absolute atomic E-state index is 0.125. The lowest BCUT2D eigenvalue weighted by Gasteiger charge is -2.17. The average molecular weight is 294 g/mol. The molecule has 1 N–H and O–H groups in total. The number of hydrogen-bond acceptors (Lipinski definition) is 3. The van der Waals surface area contributed by atoms with Gasteiger partial charge in [0.05, 0.1) is 29.6 Å². The summed E-state index contributed by atoms with van der Waals surface area (Å²) in [6.45, 7) is 2.68. The van der Waals surface area contributed by atoms with E-state index in [1.54, 1.807) is 10.9 Å². The molecule has 2 aromatic rings. The van der Waals surface area contributed by atoms with E-state index in [9.17, 15) is 0 Å². The van der Waals surface area contributed by atoms with Gasteiger partial charge >= 0.3 is 0 Å². The molecule has 0 aliphatic rings. The topological polar surface area (TPSA) is 39.1 Å². The van der Waals surface area contributed by atoms with E-state index in [-0.39, 0.29) is 6.04 Å². The van der Waals surface area contributed by atoms with Gasteiger partial charge in [-0.2, -0.15) is 5.10 Å². The third-order valence-electron chi connectivity index (χ3n) is 3.28. The molecule has 4 nitrogen and oxygen atoms in total. The maximum absolute atomic E-state index is 6.17. The van der Waals surface area contributed by atoms with Gasteiger partial charge in [0.25, 0.3) is 0 Å². The van der Waals surface area contributed by atoms with Crippen LogP contribution in [0.1, 0.15) is 23.7 Å². The fourth-order valence-electron chi connectivity index (χ4n) is 2.23. The molecule has 0 fully saturated rings. The monoisotopic (exact) mass is 293 g/mol. The fourth-order valence-corrected chi connectivity index (χ4v) is 2.53. The van der Waals surface area contributed by atoms with Crippen LogP contribution in [0.25, 0.3) is 0 Å². The van der Waals surface area contributed by atoms with Crippen molar-refractivity contribution in [3.63, 3.8) is 0 Å². The SMILES string of the molecule is CNC(CCOc1cccc(C)c1)c1c(Cl)cnn1C. The summed E-state index contributed by atoms with van der Waals surface area (Å²) in [5.74, 6) is 0.899. The van der Waals surface area contributed by atoms with Crippen LogP contribution in [0.3, 0.4) is 0 Å². The first-order valence-electron chi connectivity index (χ1n) is 6.66. The molecule has 0 aliphatic heterocycles. The minimum atomic E-state index is 0.125. The maximum atomic E-state index is 6.17. The van der Waals surface area contributed by atoms with Gasteiger partial charge in [0.2, 0.25) is 0 Å². The lowest BCUT2D eigenvalue weighted by Crippen LogP contribution is -2.22. The maximum Gasteiger partial charge on any atom is 0.119 e. The number of aromatic nitrogens is 2. The predicted molar refractivity (Wildman–Crippen MR) is 81.3 cm³/mol. The predicted octanol–water partition coefficient (Wildman–Crippen LogP) is 3.11. The molecular weight excluding hydrogens is 274 g/mol. The van der Waals surface area contributed by atoms with Crippen LogP contribution in [0, 0.1) is 6.92 Å². The quantitative estimate of drug-likeness (QED) is 0.889. The van der Waals surface area contributed by atoms with E-state index < -0.39 is 0 Å². The highest BCUT2D eigenvalue weighted by molar-refractivity contribution is 6.31. The van der Waals surface area contributed by atoms with Crippen LogP contribution in [0.15, 0.2) is 30.5 Å². The van der Waals surface area contributed by atoms with Crippen molar-refractivity contribution < 1.29 is 4.74 Å². The van der Waals surface area contributed by atoms with Crippen LogP contribution in [0.5, 0.6) is 5.75 Å². The average Bonchev–Trinajstić information content (AvgIpc) is 2.75. The number of nitrogens with one attached hydrogen (secondary N) is 1. The highest BCUT2D eigenvalue weighted by Gasteiger charge is 2.17. The van der Waals surface area contributed by atoms with Crippen LogP contribution in [0.2, 0.25) is 5.02 Å². The van der Waals surface area contributed by atoms with Gasteiger partial charge in [0, 0.05) is 13.5 Å². The number of nitrogens with zero attached hydrogens (tertiary/aromatic N) is 2. The first-order valence-corrected chi connectivity index (χ1v) is 7.03. The Kier molecular flexibility index (Phi) is 5.04. The second-order valence-corrected chi connectivity index (χ2v) is 5.20. The van der Waals surface area contributed by atoms with E-state index in [0.717, 1.165) is 17.9 Å². The Balaban J connectivity index is 1.95.